The second-order valence-corrected chi connectivity index (χ2v) is 5.43. The molecular formula is C11H12BrN3OS. The monoisotopic (exact) mass is 313 g/mol. The Morgan fingerprint density at radius 3 is 2.88 bits per heavy atom. The third-order valence-corrected chi connectivity index (χ3v) is 4.09. The number of hydrogen-bond donors (Lipinski definition) is 1. The maximum atomic E-state index is 5.65. The van der Waals surface area contributed by atoms with Crippen LogP contribution in [0.5, 0.6) is 0 Å². The van der Waals surface area contributed by atoms with E-state index in [9.17, 15) is 0 Å². The molecule has 17 heavy (non-hydrogen) atoms. The summed E-state index contributed by atoms with van der Waals surface area (Å²) in [6.45, 7) is 1.82. The number of halogens is 1. The predicted molar refractivity (Wildman–Crippen MR) is 70.6 cm³/mol. The summed E-state index contributed by atoms with van der Waals surface area (Å²) >= 11 is 5.15. The summed E-state index contributed by atoms with van der Waals surface area (Å²) in [4.78, 5) is 5.37. The Balaban J connectivity index is 2.00. The van der Waals surface area contributed by atoms with Gasteiger partial charge in [-0.15, -0.1) is 11.8 Å². The van der Waals surface area contributed by atoms with Crippen LogP contribution in [0.1, 0.15) is 24.7 Å². The molecule has 0 saturated carbocycles. The first-order valence-corrected chi connectivity index (χ1v) is 6.90. The van der Waals surface area contributed by atoms with E-state index in [1.165, 1.54) is 0 Å². The first kappa shape index (κ1) is 12.6. The van der Waals surface area contributed by atoms with E-state index in [2.05, 4.69) is 26.1 Å². The fourth-order valence-corrected chi connectivity index (χ4v) is 2.63. The maximum absolute atomic E-state index is 5.65. The van der Waals surface area contributed by atoms with Crippen molar-refractivity contribution in [2.45, 2.75) is 23.6 Å². The lowest BCUT2D eigenvalue weighted by Crippen LogP contribution is -2.05. The van der Waals surface area contributed by atoms with Crippen LogP contribution in [0, 0.1) is 0 Å². The molecule has 2 aromatic rings. The minimum absolute atomic E-state index is 0.218. The van der Waals surface area contributed by atoms with Crippen molar-refractivity contribution in [3.8, 4) is 0 Å². The van der Waals surface area contributed by atoms with Gasteiger partial charge in [0, 0.05) is 9.37 Å². The van der Waals surface area contributed by atoms with Gasteiger partial charge in [-0.3, -0.25) is 0 Å². The predicted octanol–water partition coefficient (Wildman–Crippen LogP) is 3.14. The van der Waals surface area contributed by atoms with Crippen LogP contribution < -0.4 is 5.73 Å². The van der Waals surface area contributed by atoms with Crippen LogP contribution in [0.25, 0.3) is 0 Å². The van der Waals surface area contributed by atoms with E-state index in [1.54, 1.807) is 11.8 Å². The Hall–Kier alpha value is -0.850. The molecule has 0 spiro atoms. The molecule has 90 valence electrons. The Morgan fingerprint density at radius 2 is 2.24 bits per heavy atom. The highest BCUT2D eigenvalue weighted by Crippen LogP contribution is 2.29. The molecular weight excluding hydrogens is 302 g/mol. The van der Waals surface area contributed by atoms with E-state index < -0.39 is 0 Å². The first-order valence-electron chi connectivity index (χ1n) is 5.12. The molecule has 0 aliphatic heterocycles. The number of thioether (sulfide) groups is 1. The van der Waals surface area contributed by atoms with Gasteiger partial charge in [0.05, 0.1) is 11.8 Å². The van der Waals surface area contributed by atoms with Crippen molar-refractivity contribution >= 4 is 27.7 Å². The van der Waals surface area contributed by atoms with Gasteiger partial charge in [0.2, 0.25) is 5.89 Å². The van der Waals surface area contributed by atoms with E-state index in [-0.39, 0.29) is 6.04 Å². The van der Waals surface area contributed by atoms with Crippen molar-refractivity contribution in [1.82, 2.24) is 10.1 Å². The standard InChI is InChI=1S/C11H12BrN3OS/c1-7(13)11-14-10(15-16-11)6-17-9-5-3-2-4-8(9)12/h2-5,7H,6,13H2,1H3. The minimum Gasteiger partial charge on any atom is -0.338 e. The summed E-state index contributed by atoms with van der Waals surface area (Å²) in [5.41, 5.74) is 5.65. The summed E-state index contributed by atoms with van der Waals surface area (Å²) in [7, 11) is 0. The van der Waals surface area contributed by atoms with Gasteiger partial charge in [-0.2, -0.15) is 4.98 Å². The number of rotatable bonds is 4. The van der Waals surface area contributed by atoms with Crippen molar-refractivity contribution in [1.29, 1.82) is 0 Å². The summed E-state index contributed by atoms with van der Waals surface area (Å²) in [5.74, 6) is 1.81. The lowest BCUT2D eigenvalue weighted by molar-refractivity contribution is 0.358. The molecule has 2 rings (SSSR count). The fraction of sp³-hybridized carbons (Fsp3) is 0.273. The lowest BCUT2D eigenvalue weighted by Gasteiger charge is -2.00. The molecule has 0 radical (unpaired) electrons. The Morgan fingerprint density at radius 1 is 1.47 bits per heavy atom. The largest absolute Gasteiger partial charge is 0.338 e. The third-order valence-electron chi connectivity index (χ3n) is 2.07. The molecule has 0 saturated heterocycles. The molecule has 0 aliphatic rings. The van der Waals surface area contributed by atoms with Gasteiger partial charge in [0.25, 0.3) is 0 Å². The smallest absolute Gasteiger partial charge is 0.243 e. The fourth-order valence-electron chi connectivity index (χ4n) is 1.22. The van der Waals surface area contributed by atoms with Crippen LogP contribution in [0.15, 0.2) is 38.2 Å². The zero-order valence-corrected chi connectivity index (χ0v) is 11.7. The quantitative estimate of drug-likeness (QED) is 0.878. The topological polar surface area (TPSA) is 64.9 Å². The van der Waals surface area contributed by atoms with Crippen molar-refractivity contribution in [2.75, 3.05) is 0 Å². The molecule has 0 aliphatic carbocycles. The molecule has 0 amide bonds. The average molecular weight is 314 g/mol. The summed E-state index contributed by atoms with van der Waals surface area (Å²) < 4.78 is 6.10. The van der Waals surface area contributed by atoms with Gasteiger partial charge in [0.1, 0.15) is 0 Å². The van der Waals surface area contributed by atoms with E-state index >= 15 is 0 Å². The van der Waals surface area contributed by atoms with Gasteiger partial charge in [-0.25, -0.2) is 0 Å². The minimum atomic E-state index is -0.218. The number of benzene rings is 1. The highest BCUT2D eigenvalue weighted by molar-refractivity contribution is 9.10. The van der Waals surface area contributed by atoms with Crippen LogP contribution in [0.4, 0.5) is 0 Å². The van der Waals surface area contributed by atoms with Crippen LogP contribution in [0.2, 0.25) is 0 Å². The maximum Gasteiger partial charge on any atom is 0.243 e. The van der Waals surface area contributed by atoms with Crippen LogP contribution in [0.3, 0.4) is 0 Å². The van der Waals surface area contributed by atoms with Crippen LogP contribution in [-0.4, -0.2) is 10.1 Å². The van der Waals surface area contributed by atoms with Crippen LogP contribution >= 0.6 is 27.7 Å². The van der Waals surface area contributed by atoms with Gasteiger partial charge in [-0.05, 0) is 35.0 Å². The average Bonchev–Trinajstić information content (AvgIpc) is 2.77. The van der Waals surface area contributed by atoms with E-state index in [0.717, 1.165) is 9.37 Å². The summed E-state index contributed by atoms with van der Waals surface area (Å²) in [5, 5.41) is 3.88. The summed E-state index contributed by atoms with van der Waals surface area (Å²) in [6.07, 6.45) is 0. The normalized spacial score (nSPS) is 12.6. The molecule has 1 aromatic heterocycles. The lowest BCUT2D eigenvalue weighted by atomic mass is 10.4. The molecule has 0 bridgehead atoms. The highest BCUT2D eigenvalue weighted by Gasteiger charge is 2.10. The van der Waals surface area contributed by atoms with Crippen molar-refractivity contribution in [3.05, 3.63) is 40.5 Å². The molecule has 1 atom stereocenters. The second-order valence-electron chi connectivity index (χ2n) is 3.56. The Labute approximate surface area is 112 Å². The Bertz CT molecular complexity index is 501. The second kappa shape index (κ2) is 5.66. The molecule has 0 fully saturated rings. The highest BCUT2D eigenvalue weighted by atomic mass is 79.9. The Kier molecular flexibility index (Phi) is 4.20. The third kappa shape index (κ3) is 3.31. The van der Waals surface area contributed by atoms with E-state index in [1.807, 2.05) is 31.2 Å². The van der Waals surface area contributed by atoms with Crippen molar-refractivity contribution in [2.24, 2.45) is 5.73 Å². The SMILES string of the molecule is CC(N)c1nc(CSc2ccccc2Br)no1. The van der Waals surface area contributed by atoms with Gasteiger partial charge in [0.15, 0.2) is 5.82 Å². The van der Waals surface area contributed by atoms with E-state index in [0.29, 0.717) is 17.5 Å². The van der Waals surface area contributed by atoms with Gasteiger partial charge < -0.3 is 10.3 Å². The molecule has 6 heteroatoms. The van der Waals surface area contributed by atoms with Gasteiger partial charge in [-0.1, -0.05) is 17.3 Å². The number of nitrogens with two attached hydrogens (primary N) is 1. The zero-order valence-electron chi connectivity index (χ0n) is 9.26. The molecule has 2 N–H and O–H groups in total. The number of nitrogens with zero attached hydrogens (tertiary/aromatic N) is 2. The van der Waals surface area contributed by atoms with Crippen molar-refractivity contribution < 1.29 is 4.52 Å². The zero-order chi connectivity index (χ0) is 12.3. The van der Waals surface area contributed by atoms with Crippen molar-refractivity contribution in [3.63, 3.8) is 0 Å². The molecule has 1 unspecified atom stereocenters. The number of aromatic nitrogens is 2. The summed E-state index contributed by atoms with van der Waals surface area (Å²) in [6, 6.07) is 7.81. The van der Waals surface area contributed by atoms with Crippen LogP contribution in [-0.2, 0) is 5.75 Å². The molecule has 4 nitrogen and oxygen atoms in total. The molecule has 1 aromatic carbocycles. The first-order chi connectivity index (χ1) is 8.16. The number of hydrogen-bond acceptors (Lipinski definition) is 5. The van der Waals surface area contributed by atoms with E-state index in [4.69, 9.17) is 10.3 Å². The van der Waals surface area contributed by atoms with Gasteiger partial charge >= 0.3 is 0 Å². The molecule has 1 heterocycles.